The van der Waals surface area contributed by atoms with Gasteiger partial charge in [-0.3, -0.25) is 0 Å². The van der Waals surface area contributed by atoms with E-state index in [0.717, 1.165) is 18.4 Å². The molecule has 0 atom stereocenters. The van der Waals surface area contributed by atoms with Crippen LogP contribution >= 0.6 is 0 Å². The summed E-state index contributed by atoms with van der Waals surface area (Å²) in [6.45, 7) is 2.04. The molecule has 1 aromatic heterocycles. The van der Waals surface area contributed by atoms with E-state index >= 15 is 0 Å². The van der Waals surface area contributed by atoms with Gasteiger partial charge in [-0.25, -0.2) is 4.39 Å². The maximum Gasteiger partial charge on any atom is 0.226 e. The fraction of sp³-hybridized carbons (Fsp3) is 0.273. The average Bonchev–Trinajstić information content (AvgIpc) is 2.68. The summed E-state index contributed by atoms with van der Waals surface area (Å²) in [6, 6.07) is 6.03. The number of hydrogen-bond donors (Lipinski definition) is 0. The predicted octanol–water partition coefficient (Wildman–Crippen LogP) is 2.83. The van der Waals surface area contributed by atoms with Crippen LogP contribution in [-0.4, -0.2) is 10.1 Å². The lowest BCUT2D eigenvalue weighted by atomic mass is 10.2. The highest BCUT2D eigenvalue weighted by molar-refractivity contribution is 5.53. The molecule has 0 saturated heterocycles. The molecule has 0 aliphatic rings. The summed E-state index contributed by atoms with van der Waals surface area (Å²) in [5.41, 5.74) is 0.766. The molecule has 78 valence electrons. The number of nitrogens with zero attached hydrogens (tertiary/aromatic N) is 2. The van der Waals surface area contributed by atoms with Crippen molar-refractivity contribution in [3.8, 4) is 11.4 Å². The Hall–Kier alpha value is -1.71. The van der Waals surface area contributed by atoms with E-state index in [1.165, 1.54) is 12.1 Å². The molecule has 0 radical (unpaired) electrons. The molecule has 0 bridgehead atoms. The average molecular weight is 206 g/mol. The van der Waals surface area contributed by atoms with E-state index in [1.807, 2.05) is 6.92 Å². The van der Waals surface area contributed by atoms with Crippen molar-refractivity contribution in [2.24, 2.45) is 0 Å². The number of hydrogen-bond acceptors (Lipinski definition) is 3. The molecule has 0 amide bonds. The first-order valence-corrected chi connectivity index (χ1v) is 4.88. The highest BCUT2D eigenvalue weighted by atomic mass is 19.1. The minimum Gasteiger partial charge on any atom is -0.339 e. The van der Waals surface area contributed by atoms with Crippen molar-refractivity contribution in [2.45, 2.75) is 19.8 Å². The van der Waals surface area contributed by atoms with Gasteiger partial charge in [0.25, 0.3) is 0 Å². The van der Waals surface area contributed by atoms with E-state index in [0.29, 0.717) is 11.7 Å². The van der Waals surface area contributed by atoms with Crippen LogP contribution in [0.25, 0.3) is 11.4 Å². The second-order valence-electron chi connectivity index (χ2n) is 3.27. The Morgan fingerprint density at radius 3 is 2.67 bits per heavy atom. The normalized spacial score (nSPS) is 10.5. The molecule has 0 N–H and O–H groups in total. The first-order valence-electron chi connectivity index (χ1n) is 4.88. The second kappa shape index (κ2) is 4.21. The molecule has 1 aromatic carbocycles. The van der Waals surface area contributed by atoms with Gasteiger partial charge in [0.15, 0.2) is 0 Å². The van der Waals surface area contributed by atoms with Crippen LogP contribution in [0.5, 0.6) is 0 Å². The lowest BCUT2D eigenvalue weighted by Gasteiger charge is -1.92. The van der Waals surface area contributed by atoms with Gasteiger partial charge in [-0.2, -0.15) is 4.98 Å². The minimum absolute atomic E-state index is 0.268. The Bertz CT molecular complexity index is 436. The Kier molecular flexibility index (Phi) is 2.76. The number of halogens is 1. The van der Waals surface area contributed by atoms with Crippen LogP contribution in [0.1, 0.15) is 19.2 Å². The molecular formula is C11H11FN2O. The van der Waals surface area contributed by atoms with E-state index in [4.69, 9.17) is 4.52 Å². The quantitative estimate of drug-likeness (QED) is 0.775. The third-order valence-electron chi connectivity index (χ3n) is 2.03. The highest BCUT2D eigenvalue weighted by Gasteiger charge is 2.07. The van der Waals surface area contributed by atoms with Gasteiger partial charge in [-0.05, 0) is 30.7 Å². The molecule has 2 rings (SSSR count). The molecule has 0 aliphatic carbocycles. The van der Waals surface area contributed by atoms with Crippen LogP contribution in [0.2, 0.25) is 0 Å². The van der Waals surface area contributed by atoms with Gasteiger partial charge in [0.2, 0.25) is 11.7 Å². The molecule has 0 spiro atoms. The Morgan fingerprint density at radius 2 is 2.00 bits per heavy atom. The molecule has 0 fully saturated rings. The third kappa shape index (κ3) is 2.21. The Balaban J connectivity index is 2.25. The van der Waals surface area contributed by atoms with Gasteiger partial charge < -0.3 is 4.52 Å². The molecule has 0 aliphatic heterocycles. The van der Waals surface area contributed by atoms with E-state index in [2.05, 4.69) is 10.1 Å². The van der Waals surface area contributed by atoms with E-state index in [1.54, 1.807) is 12.1 Å². The Morgan fingerprint density at radius 1 is 1.27 bits per heavy atom. The maximum absolute atomic E-state index is 12.7. The summed E-state index contributed by atoms with van der Waals surface area (Å²) in [4.78, 5) is 4.20. The van der Waals surface area contributed by atoms with Crippen molar-refractivity contribution in [3.05, 3.63) is 36.0 Å². The van der Waals surface area contributed by atoms with Crippen molar-refractivity contribution in [1.82, 2.24) is 10.1 Å². The van der Waals surface area contributed by atoms with Crippen LogP contribution < -0.4 is 0 Å². The molecule has 1 heterocycles. The second-order valence-corrected chi connectivity index (χ2v) is 3.27. The molecule has 15 heavy (non-hydrogen) atoms. The lowest BCUT2D eigenvalue weighted by Crippen LogP contribution is -1.84. The van der Waals surface area contributed by atoms with Gasteiger partial charge in [0.1, 0.15) is 5.82 Å². The molecule has 4 heteroatoms. The number of rotatable bonds is 3. The highest BCUT2D eigenvalue weighted by Crippen LogP contribution is 2.16. The molecule has 2 aromatic rings. The van der Waals surface area contributed by atoms with Crippen LogP contribution in [0.15, 0.2) is 28.8 Å². The van der Waals surface area contributed by atoms with Crippen molar-refractivity contribution in [3.63, 3.8) is 0 Å². The monoisotopic (exact) mass is 206 g/mol. The molecule has 0 unspecified atom stereocenters. The minimum atomic E-state index is -0.268. The van der Waals surface area contributed by atoms with E-state index in [-0.39, 0.29) is 5.82 Å². The summed E-state index contributed by atoms with van der Waals surface area (Å²) in [5.74, 6) is 0.867. The Labute approximate surface area is 86.9 Å². The molecule has 0 saturated carbocycles. The summed E-state index contributed by atoms with van der Waals surface area (Å²) in [7, 11) is 0. The van der Waals surface area contributed by atoms with Crippen molar-refractivity contribution >= 4 is 0 Å². The molecule has 3 nitrogen and oxygen atoms in total. The topological polar surface area (TPSA) is 38.9 Å². The van der Waals surface area contributed by atoms with Gasteiger partial charge in [0, 0.05) is 12.0 Å². The van der Waals surface area contributed by atoms with Crippen LogP contribution in [0, 0.1) is 5.82 Å². The number of aromatic nitrogens is 2. The van der Waals surface area contributed by atoms with E-state index < -0.39 is 0 Å². The standard InChI is InChI=1S/C11H11FN2O/c1-2-3-10-13-11(14-15-10)8-4-6-9(12)7-5-8/h4-7H,2-3H2,1H3. The fourth-order valence-corrected chi connectivity index (χ4v) is 1.29. The number of benzene rings is 1. The van der Waals surface area contributed by atoms with Crippen LogP contribution in [0.4, 0.5) is 4.39 Å². The first kappa shape index (κ1) is 9.83. The largest absolute Gasteiger partial charge is 0.339 e. The zero-order valence-electron chi connectivity index (χ0n) is 8.40. The first-order chi connectivity index (χ1) is 7.29. The smallest absolute Gasteiger partial charge is 0.226 e. The SMILES string of the molecule is CCCc1nc(-c2ccc(F)cc2)no1. The van der Waals surface area contributed by atoms with Gasteiger partial charge in [0.05, 0.1) is 0 Å². The zero-order valence-corrected chi connectivity index (χ0v) is 8.40. The predicted molar refractivity (Wildman–Crippen MR) is 53.7 cm³/mol. The van der Waals surface area contributed by atoms with Crippen molar-refractivity contribution in [1.29, 1.82) is 0 Å². The third-order valence-corrected chi connectivity index (χ3v) is 2.03. The van der Waals surface area contributed by atoms with Crippen LogP contribution in [0.3, 0.4) is 0 Å². The summed E-state index contributed by atoms with van der Waals surface area (Å²) in [6.07, 6.45) is 1.74. The van der Waals surface area contributed by atoms with Gasteiger partial charge >= 0.3 is 0 Å². The van der Waals surface area contributed by atoms with Gasteiger partial charge in [-0.15, -0.1) is 0 Å². The molecular weight excluding hydrogens is 195 g/mol. The maximum atomic E-state index is 12.7. The number of aryl methyl sites for hydroxylation is 1. The zero-order chi connectivity index (χ0) is 10.7. The van der Waals surface area contributed by atoms with Crippen molar-refractivity contribution in [2.75, 3.05) is 0 Å². The van der Waals surface area contributed by atoms with Crippen LogP contribution in [-0.2, 0) is 6.42 Å². The van der Waals surface area contributed by atoms with E-state index in [9.17, 15) is 4.39 Å². The van der Waals surface area contributed by atoms with Gasteiger partial charge in [-0.1, -0.05) is 12.1 Å². The lowest BCUT2D eigenvalue weighted by molar-refractivity contribution is 0.378. The summed E-state index contributed by atoms with van der Waals surface area (Å²) < 4.78 is 17.7. The summed E-state index contributed by atoms with van der Waals surface area (Å²) >= 11 is 0. The van der Waals surface area contributed by atoms with Crippen molar-refractivity contribution < 1.29 is 8.91 Å². The fourth-order valence-electron chi connectivity index (χ4n) is 1.29. The summed E-state index contributed by atoms with van der Waals surface area (Å²) in [5, 5.41) is 3.83.